The first-order chi connectivity index (χ1) is 7.94. The Balaban J connectivity index is 2.48. The van der Waals surface area contributed by atoms with E-state index in [-0.39, 0.29) is 23.4 Å². The molecule has 1 aromatic rings. The third kappa shape index (κ3) is 4.83. The van der Waals surface area contributed by atoms with Crippen molar-refractivity contribution in [3.63, 3.8) is 0 Å². The summed E-state index contributed by atoms with van der Waals surface area (Å²) >= 11 is 0. The molecule has 0 unspecified atom stereocenters. The van der Waals surface area contributed by atoms with E-state index in [1.54, 1.807) is 13.0 Å². The predicted molar refractivity (Wildman–Crippen MR) is 67.1 cm³/mol. The van der Waals surface area contributed by atoms with Gasteiger partial charge >= 0.3 is 0 Å². The minimum Gasteiger partial charge on any atom is -0.309 e. The summed E-state index contributed by atoms with van der Waals surface area (Å²) in [5.74, 6) is -0.0102. The molecule has 0 saturated carbocycles. The molecule has 1 aromatic carbocycles. The van der Waals surface area contributed by atoms with Crippen molar-refractivity contribution < 1.29 is 12.8 Å². The molecule has 0 heterocycles. The van der Waals surface area contributed by atoms with E-state index in [2.05, 4.69) is 5.32 Å². The van der Waals surface area contributed by atoms with Gasteiger partial charge in [0.2, 0.25) is 0 Å². The smallest absolute Gasteiger partial charge is 0.151 e. The van der Waals surface area contributed by atoms with E-state index in [9.17, 15) is 12.8 Å². The Bertz CT molecular complexity index is 459. The maximum Gasteiger partial charge on any atom is 0.151 e. The highest BCUT2D eigenvalue weighted by Crippen LogP contribution is 2.12. The summed E-state index contributed by atoms with van der Waals surface area (Å²) < 4.78 is 35.5. The first kappa shape index (κ1) is 14.1. The molecular formula is C12H18FNO2S. The Morgan fingerprint density at radius 3 is 2.71 bits per heavy atom. The van der Waals surface area contributed by atoms with Gasteiger partial charge in [-0.05, 0) is 24.6 Å². The molecule has 0 aliphatic rings. The van der Waals surface area contributed by atoms with Crippen LogP contribution in [0.1, 0.15) is 25.5 Å². The SMILES string of the molecule is CCS(=O)(=O)CCN[C@@H](C)c1cccc(F)c1. The second kappa shape index (κ2) is 6.12. The maximum absolute atomic E-state index is 13.0. The zero-order valence-electron chi connectivity index (χ0n) is 10.1. The number of benzene rings is 1. The minimum absolute atomic E-state index is 0.0576. The molecule has 1 atom stereocenters. The number of nitrogens with one attached hydrogen (secondary N) is 1. The maximum atomic E-state index is 13.0. The molecule has 0 bridgehead atoms. The van der Waals surface area contributed by atoms with Gasteiger partial charge in [0, 0.05) is 18.3 Å². The van der Waals surface area contributed by atoms with E-state index in [0.29, 0.717) is 6.54 Å². The van der Waals surface area contributed by atoms with E-state index >= 15 is 0 Å². The van der Waals surface area contributed by atoms with Crippen LogP contribution in [0.5, 0.6) is 0 Å². The van der Waals surface area contributed by atoms with Crippen LogP contribution in [0.4, 0.5) is 4.39 Å². The Kier molecular flexibility index (Phi) is 5.08. The van der Waals surface area contributed by atoms with Crippen molar-refractivity contribution in [1.82, 2.24) is 5.32 Å². The number of rotatable bonds is 6. The molecule has 1 N–H and O–H groups in total. The number of hydrogen-bond acceptors (Lipinski definition) is 3. The van der Waals surface area contributed by atoms with Crippen LogP contribution in [0.3, 0.4) is 0 Å². The average molecular weight is 259 g/mol. The van der Waals surface area contributed by atoms with Gasteiger partial charge in [-0.3, -0.25) is 0 Å². The van der Waals surface area contributed by atoms with Gasteiger partial charge in [0.05, 0.1) is 5.75 Å². The van der Waals surface area contributed by atoms with Gasteiger partial charge in [0.15, 0.2) is 9.84 Å². The summed E-state index contributed by atoms with van der Waals surface area (Å²) in [6.45, 7) is 3.90. The van der Waals surface area contributed by atoms with Crippen LogP contribution in [0, 0.1) is 5.82 Å². The first-order valence-corrected chi connectivity index (χ1v) is 7.46. The molecule has 0 radical (unpaired) electrons. The van der Waals surface area contributed by atoms with Gasteiger partial charge in [-0.25, -0.2) is 12.8 Å². The lowest BCUT2D eigenvalue weighted by Gasteiger charge is -2.14. The molecule has 5 heteroatoms. The highest BCUT2D eigenvalue weighted by molar-refractivity contribution is 7.91. The minimum atomic E-state index is -2.94. The topological polar surface area (TPSA) is 46.2 Å². The largest absolute Gasteiger partial charge is 0.309 e. The fourth-order valence-corrected chi connectivity index (χ4v) is 2.19. The molecule has 0 aliphatic carbocycles. The van der Waals surface area contributed by atoms with Crippen LogP contribution in [0.25, 0.3) is 0 Å². The lowest BCUT2D eigenvalue weighted by atomic mass is 10.1. The van der Waals surface area contributed by atoms with Gasteiger partial charge in [-0.15, -0.1) is 0 Å². The summed E-state index contributed by atoms with van der Waals surface area (Å²) in [6.07, 6.45) is 0. The normalized spacial score (nSPS) is 13.6. The molecule has 0 aromatic heterocycles. The third-order valence-electron chi connectivity index (χ3n) is 2.65. The quantitative estimate of drug-likeness (QED) is 0.849. The Labute approximate surface area is 102 Å². The van der Waals surface area contributed by atoms with Gasteiger partial charge in [0.25, 0.3) is 0 Å². The number of hydrogen-bond donors (Lipinski definition) is 1. The zero-order chi connectivity index (χ0) is 12.9. The molecule has 17 heavy (non-hydrogen) atoms. The highest BCUT2D eigenvalue weighted by atomic mass is 32.2. The van der Waals surface area contributed by atoms with Crippen molar-refractivity contribution >= 4 is 9.84 Å². The fraction of sp³-hybridized carbons (Fsp3) is 0.500. The summed E-state index contributed by atoms with van der Waals surface area (Å²) in [6, 6.07) is 6.24. The van der Waals surface area contributed by atoms with Crippen molar-refractivity contribution in [2.45, 2.75) is 19.9 Å². The van der Waals surface area contributed by atoms with E-state index in [1.165, 1.54) is 12.1 Å². The Morgan fingerprint density at radius 2 is 2.12 bits per heavy atom. The Hall–Kier alpha value is -0.940. The molecule has 0 spiro atoms. The first-order valence-electron chi connectivity index (χ1n) is 5.64. The standard InChI is InChI=1S/C12H18FNO2S/c1-3-17(15,16)8-7-14-10(2)11-5-4-6-12(13)9-11/h4-6,9-10,14H,3,7-8H2,1-2H3/t10-/m0/s1. The van der Waals surface area contributed by atoms with Crippen LogP contribution in [0.15, 0.2) is 24.3 Å². The van der Waals surface area contributed by atoms with Gasteiger partial charge in [-0.1, -0.05) is 19.1 Å². The zero-order valence-corrected chi connectivity index (χ0v) is 10.9. The van der Waals surface area contributed by atoms with E-state index in [0.717, 1.165) is 5.56 Å². The van der Waals surface area contributed by atoms with Crippen molar-refractivity contribution in [1.29, 1.82) is 0 Å². The highest BCUT2D eigenvalue weighted by Gasteiger charge is 2.09. The van der Waals surface area contributed by atoms with Crippen molar-refractivity contribution in [2.24, 2.45) is 0 Å². The summed E-state index contributed by atoms with van der Waals surface area (Å²) in [4.78, 5) is 0. The second-order valence-corrected chi connectivity index (χ2v) is 6.44. The third-order valence-corrected chi connectivity index (χ3v) is 4.36. The molecule has 96 valence electrons. The summed E-state index contributed by atoms with van der Waals surface area (Å²) in [5, 5.41) is 3.07. The Morgan fingerprint density at radius 1 is 1.41 bits per heavy atom. The van der Waals surface area contributed by atoms with Crippen LogP contribution in [0.2, 0.25) is 0 Å². The number of halogens is 1. The molecule has 0 amide bonds. The van der Waals surface area contributed by atoms with Gasteiger partial charge in [0.1, 0.15) is 5.82 Å². The lowest BCUT2D eigenvalue weighted by Crippen LogP contribution is -2.26. The van der Waals surface area contributed by atoms with Crippen molar-refractivity contribution in [2.75, 3.05) is 18.1 Å². The molecule has 3 nitrogen and oxygen atoms in total. The molecule has 0 saturated heterocycles. The molecular weight excluding hydrogens is 241 g/mol. The summed E-state index contributed by atoms with van der Waals surface area (Å²) in [7, 11) is -2.94. The number of sulfone groups is 1. The monoisotopic (exact) mass is 259 g/mol. The fourth-order valence-electron chi connectivity index (χ4n) is 1.47. The van der Waals surface area contributed by atoms with E-state index in [1.807, 2.05) is 13.0 Å². The van der Waals surface area contributed by atoms with Crippen LogP contribution < -0.4 is 5.32 Å². The molecule has 1 rings (SSSR count). The van der Waals surface area contributed by atoms with Crippen LogP contribution in [-0.4, -0.2) is 26.5 Å². The van der Waals surface area contributed by atoms with Crippen molar-refractivity contribution in [3.8, 4) is 0 Å². The van der Waals surface area contributed by atoms with E-state index < -0.39 is 9.84 Å². The van der Waals surface area contributed by atoms with Crippen molar-refractivity contribution in [3.05, 3.63) is 35.6 Å². The van der Waals surface area contributed by atoms with Crippen LogP contribution in [-0.2, 0) is 9.84 Å². The lowest BCUT2D eigenvalue weighted by molar-refractivity contribution is 0.567. The average Bonchev–Trinajstić information content (AvgIpc) is 2.28. The molecule has 0 aliphatic heterocycles. The summed E-state index contributed by atoms with van der Waals surface area (Å²) in [5.41, 5.74) is 0.818. The molecule has 0 fully saturated rings. The van der Waals surface area contributed by atoms with E-state index in [4.69, 9.17) is 0 Å². The van der Waals surface area contributed by atoms with Crippen LogP contribution >= 0.6 is 0 Å². The predicted octanol–water partition coefficient (Wildman–Crippen LogP) is 1.91. The van der Waals surface area contributed by atoms with Gasteiger partial charge in [-0.2, -0.15) is 0 Å². The van der Waals surface area contributed by atoms with Gasteiger partial charge < -0.3 is 5.32 Å². The second-order valence-electron chi connectivity index (χ2n) is 3.97.